The van der Waals surface area contributed by atoms with Crippen LogP contribution in [-0.4, -0.2) is 17.1 Å². The third-order valence-electron chi connectivity index (χ3n) is 3.62. The number of aryl methyl sites for hydroxylation is 1. The average molecular weight is 283 g/mol. The summed E-state index contributed by atoms with van der Waals surface area (Å²) in [5.74, 6) is 0.760. The predicted octanol–water partition coefficient (Wildman–Crippen LogP) is 2.22. The number of imidazole rings is 1. The topological polar surface area (TPSA) is 83.9 Å². The van der Waals surface area contributed by atoms with Gasteiger partial charge in [0.25, 0.3) is 0 Å². The molecule has 0 amide bonds. The molecular weight excluding hydrogens is 266 g/mol. The Balaban J connectivity index is 2.09. The number of hydrogen-bond acceptors (Lipinski definition) is 3. The molecule has 0 spiro atoms. The molecule has 4 N–H and O–H groups in total. The number of aromatic amines is 2. The zero-order valence-electron chi connectivity index (χ0n) is 11.9. The second kappa shape index (κ2) is 5.10. The quantitative estimate of drug-likeness (QED) is 0.689. The third-order valence-corrected chi connectivity index (χ3v) is 3.62. The molecule has 1 aromatic heterocycles. The van der Waals surface area contributed by atoms with Gasteiger partial charge in [-0.15, -0.1) is 0 Å². The molecule has 0 fully saturated rings. The van der Waals surface area contributed by atoms with E-state index in [1.807, 2.05) is 43.3 Å². The molecule has 0 saturated carbocycles. The minimum atomic E-state index is -0.317. The molecule has 0 aliphatic carbocycles. The van der Waals surface area contributed by atoms with Crippen LogP contribution in [0.4, 0.5) is 0 Å². The number of hydrogen-bond donors (Lipinski definition) is 3. The predicted molar refractivity (Wildman–Crippen MR) is 82.7 cm³/mol. The highest BCUT2D eigenvalue weighted by molar-refractivity contribution is 5.75. The van der Waals surface area contributed by atoms with Gasteiger partial charge in [0.1, 0.15) is 5.75 Å². The number of aromatic nitrogens is 2. The Kier molecular flexibility index (Phi) is 3.27. The maximum absolute atomic E-state index is 11.3. The third kappa shape index (κ3) is 2.43. The van der Waals surface area contributed by atoms with Crippen LogP contribution < -0.4 is 16.2 Å². The Morgan fingerprint density at radius 3 is 2.62 bits per heavy atom. The fraction of sp³-hybridized carbons (Fsp3) is 0.188. The second-order valence-electron chi connectivity index (χ2n) is 5.11. The summed E-state index contributed by atoms with van der Waals surface area (Å²) in [6, 6.07) is 11.3. The highest BCUT2D eigenvalue weighted by Gasteiger charge is 2.15. The summed E-state index contributed by atoms with van der Waals surface area (Å²) in [5, 5.41) is 0. The number of nitrogens with two attached hydrogens (primary N) is 1. The van der Waals surface area contributed by atoms with Gasteiger partial charge >= 0.3 is 5.69 Å². The van der Waals surface area contributed by atoms with E-state index in [1.165, 1.54) is 0 Å². The molecule has 2 aromatic carbocycles. The first-order valence-electron chi connectivity index (χ1n) is 6.70. The summed E-state index contributed by atoms with van der Waals surface area (Å²) < 4.78 is 5.39. The standard InChI is InChI=1S/C16H17N3O2/c1-9-3-6-14(21-2)11(7-9)15(17)10-4-5-12-13(8-10)19-16(20)18-12/h3-8,15H,17H2,1-2H3,(H2,18,19,20). The minimum absolute atomic E-state index is 0.219. The number of methoxy groups -OCH3 is 1. The van der Waals surface area contributed by atoms with E-state index in [0.717, 1.165) is 33.5 Å². The van der Waals surface area contributed by atoms with Crippen LogP contribution in [0, 0.1) is 6.92 Å². The maximum Gasteiger partial charge on any atom is 0.323 e. The van der Waals surface area contributed by atoms with E-state index in [9.17, 15) is 4.79 Å². The van der Waals surface area contributed by atoms with Gasteiger partial charge in [-0.2, -0.15) is 0 Å². The highest BCUT2D eigenvalue weighted by atomic mass is 16.5. The minimum Gasteiger partial charge on any atom is -0.496 e. The molecule has 1 heterocycles. The van der Waals surface area contributed by atoms with Crippen LogP contribution in [0.3, 0.4) is 0 Å². The van der Waals surface area contributed by atoms with Crippen molar-refractivity contribution in [3.63, 3.8) is 0 Å². The maximum atomic E-state index is 11.3. The zero-order chi connectivity index (χ0) is 15.0. The molecule has 0 aliphatic rings. The molecule has 0 saturated heterocycles. The first-order valence-corrected chi connectivity index (χ1v) is 6.70. The van der Waals surface area contributed by atoms with Crippen LogP contribution in [0.2, 0.25) is 0 Å². The van der Waals surface area contributed by atoms with Gasteiger partial charge in [-0.3, -0.25) is 0 Å². The molecule has 1 unspecified atom stereocenters. The summed E-state index contributed by atoms with van der Waals surface area (Å²) >= 11 is 0. The summed E-state index contributed by atoms with van der Waals surface area (Å²) in [5.41, 5.74) is 10.6. The molecule has 108 valence electrons. The Morgan fingerprint density at radius 1 is 1.10 bits per heavy atom. The first kappa shape index (κ1) is 13.5. The smallest absolute Gasteiger partial charge is 0.323 e. The van der Waals surface area contributed by atoms with Gasteiger partial charge in [-0.05, 0) is 30.7 Å². The van der Waals surface area contributed by atoms with Gasteiger partial charge in [0, 0.05) is 5.56 Å². The van der Waals surface area contributed by atoms with Crippen molar-refractivity contribution in [2.45, 2.75) is 13.0 Å². The Bertz CT molecular complexity index is 848. The molecule has 3 aromatic rings. The van der Waals surface area contributed by atoms with Crippen LogP contribution in [0.15, 0.2) is 41.2 Å². The summed E-state index contributed by atoms with van der Waals surface area (Å²) in [6.45, 7) is 2.02. The number of ether oxygens (including phenoxy) is 1. The van der Waals surface area contributed by atoms with Crippen molar-refractivity contribution in [2.24, 2.45) is 5.73 Å². The second-order valence-corrected chi connectivity index (χ2v) is 5.11. The Hall–Kier alpha value is -2.53. The van der Waals surface area contributed by atoms with E-state index in [0.29, 0.717) is 0 Å². The Labute approximate surface area is 121 Å². The van der Waals surface area contributed by atoms with Crippen molar-refractivity contribution < 1.29 is 4.74 Å². The van der Waals surface area contributed by atoms with Crippen molar-refractivity contribution in [1.82, 2.24) is 9.97 Å². The van der Waals surface area contributed by atoms with E-state index >= 15 is 0 Å². The summed E-state index contributed by atoms with van der Waals surface area (Å²) in [4.78, 5) is 16.8. The normalized spacial score (nSPS) is 12.5. The lowest BCUT2D eigenvalue weighted by Gasteiger charge is -2.17. The number of H-pyrrole nitrogens is 2. The Morgan fingerprint density at radius 2 is 1.86 bits per heavy atom. The van der Waals surface area contributed by atoms with Gasteiger partial charge < -0.3 is 20.4 Å². The van der Waals surface area contributed by atoms with E-state index in [-0.39, 0.29) is 11.7 Å². The average Bonchev–Trinajstić information content (AvgIpc) is 2.85. The van der Waals surface area contributed by atoms with E-state index in [2.05, 4.69) is 9.97 Å². The summed E-state index contributed by atoms with van der Waals surface area (Å²) in [6.07, 6.45) is 0. The van der Waals surface area contributed by atoms with Crippen molar-refractivity contribution in [3.8, 4) is 5.75 Å². The lowest BCUT2D eigenvalue weighted by molar-refractivity contribution is 0.407. The lowest BCUT2D eigenvalue weighted by atomic mass is 9.97. The molecule has 5 nitrogen and oxygen atoms in total. The fourth-order valence-corrected chi connectivity index (χ4v) is 2.52. The molecule has 3 rings (SSSR count). The number of rotatable bonds is 3. The monoisotopic (exact) mass is 283 g/mol. The molecule has 0 bridgehead atoms. The van der Waals surface area contributed by atoms with Crippen molar-refractivity contribution in [1.29, 1.82) is 0 Å². The highest BCUT2D eigenvalue weighted by Crippen LogP contribution is 2.30. The molecule has 0 aliphatic heterocycles. The van der Waals surface area contributed by atoms with Crippen molar-refractivity contribution >= 4 is 11.0 Å². The van der Waals surface area contributed by atoms with Gasteiger partial charge in [0.15, 0.2) is 0 Å². The largest absolute Gasteiger partial charge is 0.496 e. The zero-order valence-corrected chi connectivity index (χ0v) is 11.9. The fourth-order valence-electron chi connectivity index (χ4n) is 2.52. The van der Waals surface area contributed by atoms with E-state index < -0.39 is 0 Å². The van der Waals surface area contributed by atoms with Crippen molar-refractivity contribution in [3.05, 3.63) is 63.6 Å². The van der Waals surface area contributed by atoms with Crippen LogP contribution in [0.1, 0.15) is 22.7 Å². The van der Waals surface area contributed by atoms with Gasteiger partial charge in [0.05, 0.1) is 24.2 Å². The van der Waals surface area contributed by atoms with Gasteiger partial charge in [0.2, 0.25) is 0 Å². The number of fused-ring (bicyclic) bond motifs is 1. The van der Waals surface area contributed by atoms with Crippen LogP contribution in [-0.2, 0) is 0 Å². The van der Waals surface area contributed by atoms with Crippen LogP contribution >= 0.6 is 0 Å². The molecule has 21 heavy (non-hydrogen) atoms. The van der Waals surface area contributed by atoms with Gasteiger partial charge in [-0.25, -0.2) is 4.79 Å². The van der Waals surface area contributed by atoms with Crippen LogP contribution in [0.5, 0.6) is 5.75 Å². The molecule has 0 radical (unpaired) electrons. The molecule has 5 heteroatoms. The first-order chi connectivity index (χ1) is 10.1. The number of nitrogens with one attached hydrogen (secondary N) is 2. The summed E-state index contributed by atoms with van der Waals surface area (Å²) in [7, 11) is 1.63. The van der Waals surface area contributed by atoms with E-state index in [4.69, 9.17) is 10.5 Å². The SMILES string of the molecule is COc1ccc(C)cc1C(N)c1ccc2[nH]c(=O)[nH]c2c1. The van der Waals surface area contributed by atoms with Crippen molar-refractivity contribution in [2.75, 3.05) is 7.11 Å². The van der Waals surface area contributed by atoms with Gasteiger partial charge in [-0.1, -0.05) is 23.8 Å². The lowest BCUT2D eigenvalue weighted by Crippen LogP contribution is -2.13. The molecular formula is C16H17N3O2. The van der Waals surface area contributed by atoms with E-state index in [1.54, 1.807) is 7.11 Å². The number of benzene rings is 2. The molecule has 1 atom stereocenters. The van der Waals surface area contributed by atoms with Crippen LogP contribution in [0.25, 0.3) is 11.0 Å².